The van der Waals surface area contributed by atoms with Crippen molar-refractivity contribution in [3.63, 3.8) is 0 Å². The number of thiazole rings is 1. The lowest BCUT2D eigenvalue weighted by Crippen LogP contribution is -2.13. The van der Waals surface area contributed by atoms with Gasteiger partial charge in [-0.25, -0.2) is 9.97 Å². The van der Waals surface area contributed by atoms with Gasteiger partial charge in [-0.1, -0.05) is 0 Å². The molecule has 3 aromatic rings. The molecule has 7 heteroatoms. The van der Waals surface area contributed by atoms with Gasteiger partial charge in [0.15, 0.2) is 0 Å². The molecule has 24 heavy (non-hydrogen) atoms. The number of hydrogen-bond acceptors (Lipinski definition) is 5. The Morgan fingerprint density at radius 2 is 2.21 bits per heavy atom. The van der Waals surface area contributed by atoms with E-state index in [4.69, 9.17) is 4.74 Å². The lowest BCUT2D eigenvalue weighted by molar-refractivity contribution is 0.102. The summed E-state index contributed by atoms with van der Waals surface area (Å²) in [7, 11) is 1.98. The topological polar surface area (TPSA) is 69.0 Å². The van der Waals surface area contributed by atoms with Crippen LogP contribution in [0.3, 0.4) is 0 Å². The second-order valence-electron chi connectivity index (χ2n) is 5.20. The zero-order valence-electron chi connectivity index (χ0n) is 13.7. The predicted molar refractivity (Wildman–Crippen MR) is 94.6 cm³/mol. The SMILES string of the molecule is CCOc1ncccc1NC(=O)c1csc(-c2ccc(C)n2C)n1. The third-order valence-corrected chi connectivity index (χ3v) is 4.49. The van der Waals surface area contributed by atoms with Gasteiger partial charge in [0.1, 0.15) is 16.4 Å². The van der Waals surface area contributed by atoms with Crippen molar-refractivity contribution in [2.24, 2.45) is 7.05 Å². The van der Waals surface area contributed by atoms with Crippen molar-refractivity contribution in [1.82, 2.24) is 14.5 Å². The number of ether oxygens (including phenoxy) is 1. The lowest BCUT2D eigenvalue weighted by Gasteiger charge is -2.08. The van der Waals surface area contributed by atoms with Gasteiger partial charge in [-0.05, 0) is 38.1 Å². The van der Waals surface area contributed by atoms with Crippen LogP contribution in [0.2, 0.25) is 0 Å². The highest BCUT2D eigenvalue weighted by Crippen LogP contribution is 2.26. The van der Waals surface area contributed by atoms with E-state index < -0.39 is 0 Å². The summed E-state index contributed by atoms with van der Waals surface area (Å²) < 4.78 is 7.47. The van der Waals surface area contributed by atoms with Crippen LogP contribution in [0.15, 0.2) is 35.8 Å². The molecule has 3 aromatic heterocycles. The second-order valence-corrected chi connectivity index (χ2v) is 6.06. The van der Waals surface area contributed by atoms with Gasteiger partial charge in [0, 0.05) is 24.3 Å². The van der Waals surface area contributed by atoms with Gasteiger partial charge < -0.3 is 14.6 Å². The molecular weight excluding hydrogens is 324 g/mol. The summed E-state index contributed by atoms with van der Waals surface area (Å²) >= 11 is 1.44. The molecule has 0 aliphatic heterocycles. The highest BCUT2D eigenvalue weighted by atomic mass is 32.1. The van der Waals surface area contributed by atoms with Crippen LogP contribution in [0.1, 0.15) is 23.1 Å². The molecule has 0 aromatic carbocycles. The van der Waals surface area contributed by atoms with Crippen LogP contribution in [0.4, 0.5) is 5.69 Å². The fourth-order valence-electron chi connectivity index (χ4n) is 2.25. The molecule has 0 radical (unpaired) electrons. The molecule has 0 bridgehead atoms. The molecule has 0 atom stereocenters. The van der Waals surface area contributed by atoms with E-state index in [-0.39, 0.29) is 5.91 Å². The summed E-state index contributed by atoms with van der Waals surface area (Å²) in [5.74, 6) is 0.124. The number of aryl methyl sites for hydroxylation is 1. The number of nitrogens with zero attached hydrogens (tertiary/aromatic N) is 3. The van der Waals surface area contributed by atoms with Crippen LogP contribution in [-0.2, 0) is 7.05 Å². The predicted octanol–water partition coefficient (Wildman–Crippen LogP) is 3.50. The van der Waals surface area contributed by atoms with E-state index in [9.17, 15) is 4.79 Å². The molecule has 0 spiro atoms. The number of hydrogen-bond donors (Lipinski definition) is 1. The van der Waals surface area contributed by atoms with E-state index >= 15 is 0 Å². The van der Waals surface area contributed by atoms with Crippen molar-refractivity contribution < 1.29 is 9.53 Å². The Bertz CT molecular complexity index is 869. The first kappa shape index (κ1) is 16.2. The average Bonchev–Trinajstić information content (AvgIpc) is 3.18. The Hall–Kier alpha value is -2.67. The normalized spacial score (nSPS) is 10.6. The largest absolute Gasteiger partial charge is 0.476 e. The molecule has 124 valence electrons. The number of rotatable bonds is 5. The van der Waals surface area contributed by atoms with Crippen molar-refractivity contribution in [3.05, 3.63) is 47.2 Å². The minimum Gasteiger partial charge on any atom is -0.476 e. The van der Waals surface area contributed by atoms with Crippen LogP contribution >= 0.6 is 11.3 Å². The van der Waals surface area contributed by atoms with E-state index in [0.717, 1.165) is 16.4 Å². The Morgan fingerprint density at radius 1 is 1.38 bits per heavy atom. The first-order chi connectivity index (χ1) is 11.6. The molecule has 0 aliphatic carbocycles. The molecular formula is C17H18N4O2S. The highest BCUT2D eigenvalue weighted by Gasteiger charge is 2.16. The molecule has 0 fully saturated rings. The monoisotopic (exact) mass is 342 g/mol. The van der Waals surface area contributed by atoms with Crippen LogP contribution in [0, 0.1) is 6.92 Å². The van der Waals surface area contributed by atoms with Crippen LogP contribution in [0.5, 0.6) is 5.88 Å². The Morgan fingerprint density at radius 3 is 2.92 bits per heavy atom. The summed E-state index contributed by atoms with van der Waals surface area (Å²) in [5.41, 5.74) is 3.05. The maximum absolute atomic E-state index is 12.4. The molecule has 1 N–H and O–H groups in total. The van der Waals surface area contributed by atoms with Gasteiger partial charge >= 0.3 is 0 Å². The van der Waals surface area contributed by atoms with E-state index in [2.05, 4.69) is 19.9 Å². The minimum absolute atomic E-state index is 0.280. The number of pyridine rings is 1. The molecule has 0 saturated heterocycles. The third kappa shape index (κ3) is 3.16. The summed E-state index contributed by atoms with van der Waals surface area (Å²) in [4.78, 5) is 21.0. The van der Waals surface area contributed by atoms with Crippen molar-refractivity contribution in [1.29, 1.82) is 0 Å². The zero-order valence-corrected chi connectivity index (χ0v) is 14.6. The first-order valence-corrected chi connectivity index (χ1v) is 8.45. The number of anilines is 1. The van der Waals surface area contributed by atoms with Crippen LogP contribution in [0.25, 0.3) is 10.7 Å². The van der Waals surface area contributed by atoms with Crippen molar-refractivity contribution in [2.45, 2.75) is 13.8 Å². The number of carbonyl (C=O) groups is 1. The van der Waals surface area contributed by atoms with E-state index in [1.165, 1.54) is 11.3 Å². The van der Waals surface area contributed by atoms with Crippen molar-refractivity contribution >= 4 is 22.9 Å². The second kappa shape index (κ2) is 6.84. The van der Waals surface area contributed by atoms with Gasteiger partial charge in [-0.15, -0.1) is 11.3 Å². The van der Waals surface area contributed by atoms with Gasteiger partial charge in [0.2, 0.25) is 5.88 Å². The number of amides is 1. The number of carbonyl (C=O) groups excluding carboxylic acids is 1. The summed E-state index contributed by atoms with van der Waals surface area (Å²) in [6, 6.07) is 7.53. The zero-order chi connectivity index (χ0) is 17.1. The Kier molecular flexibility index (Phi) is 4.61. The van der Waals surface area contributed by atoms with Crippen LogP contribution < -0.4 is 10.1 Å². The number of nitrogens with one attached hydrogen (secondary N) is 1. The third-order valence-electron chi connectivity index (χ3n) is 3.63. The Labute approximate surface area is 144 Å². The van der Waals surface area contributed by atoms with Crippen LogP contribution in [-0.4, -0.2) is 27.0 Å². The van der Waals surface area contributed by atoms with Gasteiger partial charge in [-0.2, -0.15) is 0 Å². The summed E-state index contributed by atoms with van der Waals surface area (Å²) in [6.07, 6.45) is 1.62. The first-order valence-electron chi connectivity index (χ1n) is 7.57. The van der Waals surface area contributed by atoms with Crippen molar-refractivity contribution in [2.75, 3.05) is 11.9 Å². The molecule has 3 rings (SSSR count). The fraction of sp³-hybridized carbons (Fsp3) is 0.235. The molecule has 0 saturated carbocycles. The smallest absolute Gasteiger partial charge is 0.275 e. The minimum atomic E-state index is -0.280. The maximum atomic E-state index is 12.4. The Balaban J connectivity index is 1.81. The average molecular weight is 342 g/mol. The molecule has 1 amide bonds. The maximum Gasteiger partial charge on any atom is 0.275 e. The summed E-state index contributed by atoms with van der Waals surface area (Å²) in [6.45, 7) is 4.38. The van der Waals surface area contributed by atoms with Gasteiger partial charge in [0.05, 0.1) is 12.3 Å². The lowest BCUT2D eigenvalue weighted by atomic mass is 10.3. The quantitative estimate of drug-likeness (QED) is 0.770. The van der Waals surface area contributed by atoms with E-state index in [1.54, 1.807) is 23.7 Å². The number of aromatic nitrogens is 3. The fourth-order valence-corrected chi connectivity index (χ4v) is 3.11. The summed E-state index contributed by atoms with van der Waals surface area (Å²) in [5, 5.41) is 5.37. The van der Waals surface area contributed by atoms with Gasteiger partial charge in [-0.3, -0.25) is 4.79 Å². The van der Waals surface area contributed by atoms with E-state index in [0.29, 0.717) is 23.9 Å². The standard InChI is InChI=1S/C17H18N4O2S/c1-4-23-16-12(6-5-9-18-16)19-15(22)13-10-24-17(20-13)14-8-7-11(2)21(14)3/h5-10H,4H2,1-3H3,(H,19,22). The van der Waals surface area contributed by atoms with Crippen molar-refractivity contribution in [3.8, 4) is 16.6 Å². The molecule has 0 unspecified atom stereocenters. The highest BCUT2D eigenvalue weighted by molar-refractivity contribution is 7.13. The van der Waals surface area contributed by atoms with Gasteiger partial charge in [0.25, 0.3) is 5.91 Å². The van der Waals surface area contributed by atoms with E-state index in [1.807, 2.05) is 33.0 Å². The molecule has 0 aliphatic rings. The molecule has 3 heterocycles. The molecule has 6 nitrogen and oxygen atoms in total.